The van der Waals surface area contributed by atoms with E-state index in [9.17, 15) is 4.79 Å². The molecule has 0 fully saturated rings. The summed E-state index contributed by atoms with van der Waals surface area (Å²) < 4.78 is 0. The lowest BCUT2D eigenvalue weighted by molar-refractivity contribution is 0.0954. The highest BCUT2D eigenvalue weighted by atomic mass is 16.5. The maximum atomic E-state index is 11.6. The summed E-state index contributed by atoms with van der Waals surface area (Å²) in [5.74, 6) is -0.310. The monoisotopic (exact) mass is 233 g/mol. The Morgan fingerprint density at radius 3 is 2.47 bits per heavy atom. The van der Waals surface area contributed by atoms with Gasteiger partial charge in [-0.1, -0.05) is 24.3 Å². The van der Waals surface area contributed by atoms with E-state index in [1.165, 1.54) is 0 Å². The van der Waals surface area contributed by atoms with Gasteiger partial charge >= 0.3 is 0 Å². The Hall–Kier alpha value is -2.14. The molecule has 17 heavy (non-hydrogen) atoms. The Labute approximate surface area is 99.8 Å². The molecular formula is C12H15N3O2. The first-order valence-corrected chi connectivity index (χ1v) is 5.05. The summed E-state index contributed by atoms with van der Waals surface area (Å²) in [6, 6.07) is 7.13. The fourth-order valence-electron chi connectivity index (χ4n) is 1.05. The molecule has 1 aromatic carbocycles. The van der Waals surface area contributed by atoms with Crippen molar-refractivity contribution in [2.24, 2.45) is 5.10 Å². The normalized spacial score (nSPS) is 10.9. The van der Waals surface area contributed by atoms with Crippen molar-refractivity contribution < 1.29 is 10.0 Å². The number of rotatable bonds is 4. The van der Waals surface area contributed by atoms with Crippen LogP contribution in [0.5, 0.6) is 0 Å². The number of amides is 1. The standard InChI is InChI=1S/C12H15N3O2/c1-8-4-6-11(7-5-8)12(16)14-13-9(2)10(3)15-17/h4-7,15,17H,3H2,1-2H3,(H,14,16). The number of allylic oxidation sites excluding steroid dienone is 1. The number of nitrogens with one attached hydrogen (secondary N) is 2. The molecule has 5 heteroatoms. The predicted octanol–water partition coefficient (Wildman–Crippen LogP) is 1.59. The van der Waals surface area contributed by atoms with Crippen molar-refractivity contribution in [1.29, 1.82) is 0 Å². The zero-order chi connectivity index (χ0) is 12.8. The maximum absolute atomic E-state index is 11.6. The number of hydrogen-bond acceptors (Lipinski definition) is 4. The van der Waals surface area contributed by atoms with E-state index in [1.54, 1.807) is 19.1 Å². The highest BCUT2D eigenvalue weighted by molar-refractivity contribution is 5.99. The first-order chi connectivity index (χ1) is 8.04. The fourth-order valence-corrected chi connectivity index (χ4v) is 1.05. The highest BCUT2D eigenvalue weighted by Gasteiger charge is 2.04. The zero-order valence-electron chi connectivity index (χ0n) is 9.82. The summed E-state index contributed by atoms with van der Waals surface area (Å²) in [5.41, 5.74) is 6.46. The average molecular weight is 233 g/mol. The van der Waals surface area contributed by atoms with Gasteiger partial charge in [0.2, 0.25) is 0 Å². The third kappa shape index (κ3) is 3.73. The molecule has 0 aliphatic heterocycles. The van der Waals surface area contributed by atoms with Crippen LogP contribution in [-0.2, 0) is 0 Å². The summed E-state index contributed by atoms with van der Waals surface area (Å²) in [6.45, 7) is 7.05. The Bertz CT molecular complexity index is 449. The van der Waals surface area contributed by atoms with Gasteiger partial charge < -0.3 is 0 Å². The molecule has 0 heterocycles. The SMILES string of the molecule is C=C(NO)C(C)=NNC(=O)c1ccc(C)cc1. The van der Waals surface area contributed by atoms with Crippen LogP contribution in [0.3, 0.4) is 0 Å². The Morgan fingerprint density at radius 1 is 1.35 bits per heavy atom. The van der Waals surface area contributed by atoms with E-state index in [0.717, 1.165) is 5.56 Å². The Morgan fingerprint density at radius 2 is 1.94 bits per heavy atom. The molecule has 1 rings (SSSR count). The molecule has 0 aliphatic rings. The molecule has 0 unspecified atom stereocenters. The number of carbonyl (C=O) groups excluding carboxylic acids is 1. The van der Waals surface area contributed by atoms with Crippen LogP contribution < -0.4 is 10.9 Å². The van der Waals surface area contributed by atoms with Gasteiger partial charge in [0.05, 0.1) is 11.4 Å². The van der Waals surface area contributed by atoms with Crippen molar-refractivity contribution in [1.82, 2.24) is 10.9 Å². The van der Waals surface area contributed by atoms with Gasteiger partial charge in [-0.3, -0.25) is 15.5 Å². The minimum absolute atomic E-state index is 0.231. The van der Waals surface area contributed by atoms with Gasteiger partial charge in [-0.15, -0.1) is 0 Å². The van der Waals surface area contributed by atoms with Crippen molar-refractivity contribution in [3.05, 3.63) is 47.7 Å². The second-order valence-corrected chi connectivity index (χ2v) is 3.59. The number of benzene rings is 1. The smallest absolute Gasteiger partial charge is 0.271 e. The van der Waals surface area contributed by atoms with Crippen molar-refractivity contribution in [3.8, 4) is 0 Å². The van der Waals surface area contributed by atoms with Gasteiger partial charge in [-0.25, -0.2) is 5.43 Å². The molecule has 0 aromatic heterocycles. The van der Waals surface area contributed by atoms with E-state index in [1.807, 2.05) is 24.5 Å². The van der Waals surface area contributed by atoms with Crippen molar-refractivity contribution >= 4 is 11.6 Å². The summed E-state index contributed by atoms with van der Waals surface area (Å²) in [7, 11) is 0. The van der Waals surface area contributed by atoms with Crippen LogP contribution in [0, 0.1) is 6.92 Å². The number of hydroxylamine groups is 1. The van der Waals surface area contributed by atoms with E-state index in [-0.39, 0.29) is 11.6 Å². The van der Waals surface area contributed by atoms with Crippen LogP contribution in [0.1, 0.15) is 22.8 Å². The van der Waals surface area contributed by atoms with Gasteiger partial charge in [-0.2, -0.15) is 5.10 Å². The van der Waals surface area contributed by atoms with Gasteiger partial charge in [0.15, 0.2) is 0 Å². The van der Waals surface area contributed by atoms with E-state index in [0.29, 0.717) is 11.3 Å². The van der Waals surface area contributed by atoms with Gasteiger partial charge in [0.25, 0.3) is 5.91 Å². The molecule has 1 amide bonds. The summed E-state index contributed by atoms with van der Waals surface area (Å²) in [4.78, 5) is 11.6. The van der Waals surface area contributed by atoms with E-state index < -0.39 is 0 Å². The van der Waals surface area contributed by atoms with Crippen LogP contribution in [0.4, 0.5) is 0 Å². The third-order valence-corrected chi connectivity index (χ3v) is 2.21. The van der Waals surface area contributed by atoms with Gasteiger partial charge in [0.1, 0.15) is 0 Å². The molecule has 90 valence electrons. The molecule has 0 aliphatic carbocycles. The molecular weight excluding hydrogens is 218 g/mol. The minimum Gasteiger partial charge on any atom is -0.291 e. The molecule has 0 atom stereocenters. The fraction of sp³-hybridized carbons (Fsp3) is 0.167. The van der Waals surface area contributed by atoms with E-state index >= 15 is 0 Å². The second-order valence-electron chi connectivity index (χ2n) is 3.59. The Kier molecular flexibility index (Phi) is 4.42. The quantitative estimate of drug-likeness (QED) is 0.546. The summed E-state index contributed by atoms with van der Waals surface area (Å²) in [5, 5.41) is 12.4. The third-order valence-electron chi connectivity index (χ3n) is 2.21. The lowest BCUT2D eigenvalue weighted by Crippen LogP contribution is -2.21. The first-order valence-electron chi connectivity index (χ1n) is 5.05. The molecule has 0 spiro atoms. The van der Waals surface area contributed by atoms with Crippen molar-refractivity contribution in [2.45, 2.75) is 13.8 Å². The van der Waals surface area contributed by atoms with Gasteiger partial charge in [0, 0.05) is 5.56 Å². The molecule has 0 saturated heterocycles. The molecule has 0 saturated carbocycles. The lowest BCUT2D eigenvalue weighted by atomic mass is 10.1. The van der Waals surface area contributed by atoms with E-state index in [4.69, 9.17) is 5.21 Å². The topological polar surface area (TPSA) is 73.7 Å². The first kappa shape index (κ1) is 12.9. The maximum Gasteiger partial charge on any atom is 0.271 e. The molecule has 0 bridgehead atoms. The summed E-state index contributed by atoms with van der Waals surface area (Å²) >= 11 is 0. The van der Waals surface area contributed by atoms with Crippen molar-refractivity contribution in [2.75, 3.05) is 0 Å². The van der Waals surface area contributed by atoms with Crippen LogP contribution in [0.2, 0.25) is 0 Å². The number of aryl methyl sites for hydroxylation is 1. The largest absolute Gasteiger partial charge is 0.291 e. The molecule has 3 N–H and O–H groups in total. The van der Waals surface area contributed by atoms with Crippen LogP contribution >= 0.6 is 0 Å². The second kappa shape index (κ2) is 5.81. The number of nitrogens with zero attached hydrogens (tertiary/aromatic N) is 1. The predicted molar refractivity (Wildman–Crippen MR) is 65.8 cm³/mol. The van der Waals surface area contributed by atoms with Crippen LogP contribution in [0.25, 0.3) is 0 Å². The summed E-state index contributed by atoms with van der Waals surface area (Å²) in [6.07, 6.45) is 0. The molecule has 0 radical (unpaired) electrons. The van der Waals surface area contributed by atoms with Crippen molar-refractivity contribution in [3.63, 3.8) is 0 Å². The van der Waals surface area contributed by atoms with Crippen LogP contribution in [-0.4, -0.2) is 16.8 Å². The highest BCUT2D eigenvalue weighted by Crippen LogP contribution is 2.02. The average Bonchev–Trinajstić information content (AvgIpc) is 2.35. The lowest BCUT2D eigenvalue weighted by Gasteiger charge is -2.04. The molecule has 1 aromatic rings. The van der Waals surface area contributed by atoms with E-state index in [2.05, 4.69) is 17.1 Å². The minimum atomic E-state index is -0.310. The zero-order valence-corrected chi connectivity index (χ0v) is 9.82. The Balaban J connectivity index is 2.67. The number of hydrogen-bond donors (Lipinski definition) is 3. The number of carbonyl (C=O) groups is 1. The number of hydrazone groups is 1. The van der Waals surface area contributed by atoms with Gasteiger partial charge in [-0.05, 0) is 26.0 Å². The molecule has 5 nitrogen and oxygen atoms in total. The van der Waals surface area contributed by atoms with Crippen LogP contribution in [0.15, 0.2) is 41.6 Å².